The van der Waals surface area contributed by atoms with Crippen molar-refractivity contribution in [2.75, 3.05) is 27.9 Å². The molecule has 5 nitrogen and oxygen atoms in total. The summed E-state index contributed by atoms with van der Waals surface area (Å²) in [6.45, 7) is 12.9. The van der Waals surface area contributed by atoms with E-state index in [1.165, 1.54) is 5.56 Å². The van der Waals surface area contributed by atoms with Crippen molar-refractivity contribution in [2.45, 2.75) is 45.3 Å². The molecule has 32 heavy (non-hydrogen) atoms. The topological polar surface area (TPSA) is 46.2 Å². The summed E-state index contributed by atoms with van der Waals surface area (Å²) in [6, 6.07) is 13.8. The molecule has 174 valence electrons. The van der Waals surface area contributed by atoms with Crippen LogP contribution in [0.1, 0.15) is 43.4 Å². The summed E-state index contributed by atoms with van der Waals surface area (Å²) in [5.74, 6) is 2.46. The highest BCUT2D eigenvalue weighted by Crippen LogP contribution is 2.30. The average Bonchev–Trinajstić information content (AvgIpc) is 2.82. The zero-order chi connectivity index (χ0) is 23.5. The van der Waals surface area contributed by atoms with Gasteiger partial charge < -0.3 is 23.7 Å². The minimum absolute atomic E-state index is 0.268. The van der Waals surface area contributed by atoms with Crippen LogP contribution in [0.3, 0.4) is 0 Å². The van der Waals surface area contributed by atoms with E-state index in [-0.39, 0.29) is 12.2 Å². The Morgan fingerprint density at radius 1 is 0.812 bits per heavy atom. The monoisotopic (exact) mass is 440 g/mol. The van der Waals surface area contributed by atoms with Crippen molar-refractivity contribution >= 4 is 11.5 Å². The number of hydrogen-bond acceptors (Lipinski definition) is 5. The molecule has 2 rings (SSSR count). The van der Waals surface area contributed by atoms with Crippen molar-refractivity contribution in [1.29, 1.82) is 0 Å². The Labute approximate surface area is 192 Å². The fourth-order valence-corrected chi connectivity index (χ4v) is 3.42. The SMILES string of the molecule is C=C(OC(CCC)C(COC)OC(=C)c1cccc(CC)c1)c1cc(OC)cc(OC)c1. The highest BCUT2D eigenvalue weighted by atomic mass is 16.6. The van der Waals surface area contributed by atoms with E-state index in [0.29, 0.717) is 29.6 Å². The molecule has 0 aromatic heterocycles. The molecule has 2 unspecified atom stereocenters. The highest BCUT2D eigenvalue weighted by Gasteiger charge is 2.26. The summed E-state index contributed by atoms with van der Waals surface area (Å²) in [5.41, 5.74) is 2.97. The van der Waals surface area contributed by atoms with Gasteiger partial charge in [0.2, 0.25) is 0 Å². The van der Waals surface area contributed by atoms with Crippen LogP contribution in [0.2, 0.25) is 0 Å². The zero-order valence-electron chi connectivity index (χ0n) is 20.0. The minimum atomic E-state index is -0.345. The van der Waals surface area contributed by atoms with Gasteiger partial charge >= 0.3 is 0 Å². The summed E-state index contributed by atoms with van der Waals surface area (Å²) in [5, 5.41) is 0. The van der Waals surface area contributed by atoms with E-state index in [4.69, 9.17) is 23.7 Å². The van der Waals surface area contributed by atoms with Crippen LogP contribution in [-0.2, 0) is 20.6 Å². The van der Waals surface area contributed by atoms with Gasteiger partial charge in [-0.3, -0.25) is 0 Å². The third kappa shape index (κ3) is 7.06. The summed E-state index contributed by atoms with van der Waals surface area (Å²) < 4.78 is 28.8. The molecule has 0 saturated carbocycles. The molecule has 0 heterocycles. The van der Waals surface area contributed by atoms with E-state index >= 15 is 0 Å². The van der Waals surface area contributed by atoms with E-state index in [1.807, 2.05) is 30.3 Å². The van der Waals surface area contributed by atoms with Gasteiger partial charge in [-0.1, -0.05) is 51.6 Å². The summed E-state index contributed by atoms with van der Waals surface area (Å²) in [4.78, 5) is 0. The normalized spacial score (nSPS) is 12.5. The van der Waals surface area contributed by atoms with Crippen LogP contribution in [0.5, 0.6) is 11.5 Å². The smallest absolute Gasteiger partial charge is 0.158 e. The van der Waals surface area contributed by atoms with E-state index in [9.17, 15) is 0 Å². The van der Waals surface area contributed by atoms with Gasteiger partial charge in [-0.2, -0.15) is 0 Å². The molecule has 0 fully saturated rings. The summed E-state index contributed by atoms with van der Waals surface area (Å²) >= 11 is 0. The Morgan fingerprint density at radius 2 is 1.44 bits per heavy atom. The molecular weight excluding hydrogens is 404 g/mol. The number of benzene rings is 2. The van der Waals surface area contributed by atoms with Crippen LogP contribution >= 0.6 is 0 Å². The number of aryl methyl sites for hydroxylation is 1. The molecule has 0 aliphatic carbocycles. The van der Waals surface area contributed by atoms with Gasteiger partial charge in [0.25, 0.3) is 0 Å². The van der Waals surface area contributed by atoms with Crippen molar-refractivity contribution in [3.05, 3.63) is 72.3 Å². The predicted molar refractivity (Wildman–Crippen MR) is 130 cm³/mol. The van der Waals surface area contributed by atoms with Gasteiger partial charge in [-0.25, -0.2) is 0 Å². The third-order valence-corrected chi connectivity index (χ3v) is 5.24. The average molecular weight is 441 g/mol. The van der Waals surface area contributed by atoms with Crippen LogP contribution in [0, 0.1) is 0 Å². The molecule has 0 aliphatic rings. The molecule has 0 N–H and O–H groups in total. The van der Waals surface area contributed by atoms with Crippen molar-refractivity contribution < 1.29 is 23.7 Å². The molecule has 5 heteroatoms. The van der Waals surface area contributed by atoms with E-state index in [1.54, 1.807) is 21.3 Å². The van der Waals surface area contributed by atoms with Crippen LogP contribution in [-0.4, -0.2) is 40.1 Å². The summed E-state index contributed by atoms with van der Waals surface area (Å²) in [6.07, 6.45) is 2.03. The van der Waals surface area contributed by atoms with Crippen LogP contribution in [0.25, 0.3) is 11.5 Å². The minimum Gasteiger partial charge on any atom is -0.497 e. The molecule has 0 spiro atoms. The maximum absolute atomic E-state index is 6.32. The van der Waals surface area contributed by atoms with Crippen molar-refractivity contribution in [2.24, 2.45) is 0 Å². The highest BCUT2D eigenvalue weighted by molar-refractivity contribution is 5.62. The Hall–Kier alpha value is -2.92. The lowest BCUT2D eigenvalue weighted by molar-refractivity contribution is -0.0278. The lowest BCUT2D eigenvalue weighted by Gasteiger charge is -2.29. The van der Waals surface area contributed by atoms with E-state index in [2.05, 4.69) is 39.1 Å². The van der Waals surface area contributed by atoms with E-state index < -0.39 is 0 Å². The first-order valence-corrected chi connectivity index (χ1v) is 11.0. The largest absolute Gasteiger partial charge is 0.497 e. The zero-order valence-corrected chi connectivity index (χ0v) is 20.0. The van der Waals surface area contributed by atoms with Gasteiger partial charge in [-0.05, 0) is 36.6 Å². The van der Waals surface area contributed by atoms with Crippen molar-refractivity contribution in [3.63, 3.8) is 0 Å². The first-order chi connectivity index (χ1) is 15.4. The molecular formula is C27H36O5. The van der Waals surface area contributed by atoms with Crippen LogP contribution < -0.4 is 9.47 Å². The Bertz CT molecular complexity index is 867. The lowest BCUT2D eigenvalue weighted by atomic mass is 10.1. The first-order valence-electron chi connectivity index (χ1n) is 11.0. The van der Waals surface area contributed by atoms with Gasteiger partial charge in [0.1, 0.15) is 29.1 Å². The lowest BCUT2D eigenvalue weighted by Crippen LogP contribution is -2.34. The molecule has 2 atom stereocenters. The Balaban J connectivity index is 2.22. The number of ether oxygens (including phenoxy) is 5. The van der Waals surface area contributed by atoms with Crippen molar-refractivity contribution in [1.82, 2.24) is 0 Å². The van der Waals surface area contributed by atoms with Crippen molar-refractivity contribution in [3.8, 4) is 11.5 Å². The van der Waals surface area contributed by atoms with Gasteiger partial charge in [-0.15, -0.1) is 0 Å². The third-order valence-electron chi connectivity index (χ3n) is 5.24. The number of hydrogen-bond donors (Lipinski definition) is 0. The first kappa shape index (κ1) is 25.3. The fraction of sp³-hybridized carbons (Fsp3) is 0.407. The Morgan fingerprint density at radius 3 is 2.00 bits per heavy atom. The van der Waals surface area contributed by atoms with Gasteiger partial charge in [0.05, 0.1) is 20.8 Å². The van der Waals surface area contributed by atoms with E-state index in [0.717, 1.165) is 30.4 Å². The second-order valence-corrected chi connectivity index (χ2v) is 7.56. The van der Waals surface area contributed by atoms with Crippen LogP contribution in [0.4, 0.5) is 0 Å². The fourth-order valence-electron chi connectivity index (χ4n) is 3.42. The quantitative estimate of drug-likeness (QED) is 0.331. The number of methoxy groups -OCH3 is 3. The number of rotatable bonds is 14. The van der Waals surface area contributed by atoms with Gasteiger partial charge in [0.15, 0.2) is 6.10 Å². The molecule has 2 aromatic rings. The standard InChI is InChI=1S/C27H36O5/c1-8-11-26(31-20(4)23-15-24(29-6)17-25(16-23)30-7)27(18-28-5)32-19(3)22-13-10-12-21(9-2)14-22/h10,12-17,26-27H,3-4,8-9,11,18H2,1-2,5-7H3. The second kappa shape index (κ2) is 12.8. The molecule has 2 aromatic carbocycles. The molecule has 0 amide bonds. The van der Waals surface area contributed by atoms with Gasteiger partial charge in [0, 0.05) is 24.3 Å². The maximum atomic E-state index is 6.32. The molecule has 0 bridgehead atoms. The molecule has 0 saturated heterocycles. The Kier molecular flexibility index (Phi) is 10.2. The molecule has 0 radical (unpaired) electrons. The maximum Gasteiger partial charge on any atom is 0.158 e. The second-order valence-electron chi connectivity index (χ2n) is 7.56. The molecule has 0 aliphatic heterocycles. The summed E-state index contributed by atoms with van der Waals surface area (Å²) in [7, 11) is 4.88. The predicted octanol–water partition coefficient (Wildman–Crippen LogP) is 6.12. The van der Waals surface area contributed by atoms with Crippen LogP contribution in [0.15, 0.2) is 55.6 Å².